The molecular formula is C28H38ClN7O2. The number of amides is 1. The number of halogens is 1. The molecular weight excluding hydrogens is 502 g/mol. The van der Waals surface area contributed by atoms with Gasteiger partial charge in [-0.2, -0.15) is 19.6 Å². The first-order valence-electron chi connectivity index (χ1n) is 13.9. The summed E-state index contributed by atoms with van der Waals surface area (Å²) in [5, 5.41) is 14.9. The maximum Gasteiger partial charge on any atom is 0.251 e. The lowest BCUT2D eigenvalue weighted by molar-refractivity contribution is 0.0699. The van der Waals surface area contributed by atoms with Crippen LogP contribution >= 0.6 is 12.4 Å². The minimum absolute atomic E-state index is 0. The number of nitrogens with one attached hydrogen (secondary N) is 3. The monoisotopic (exact) mass is 539 g/mol. The van der Waals surface area contributed by atoms with Crippen LogP contribution in [0, 0.1) is 12.8 Å². The molecule has 9 nitrogen and oxygen atoms in total. The average molecular weight is 540 g/mol. The Balaban J connectivity index is 0.00000294. The Labute approximate surface area is 229 Å². The summed E-state index contributed by atoms with van der Waals surface area (Å²) in [5.74, 6) is 1.92. The number of carbonyl (C=O) groups is 1. The number of carbonyl (C=O) groups excluding carboxylic acids is 1. The zero-order chi connectivity index (χ0) is 25.2. The van der Waals surface area contributed by atoms with Crippen LogP contribution < -0.4 is 16.0 Å². The highest BCUT2D eigenvalue weighted by atomic mass is 35.5. The molecule has 3 fully saturated rings. The second-order valence-electron chi connectivity index (χ2n) is 10.9. The molecule has 0 radical (unpaired) electrons. The van der Waals surface area contributed by atoms with Gasteiger partial charge >= 0.3 is 0 Å². The number of aryl methyl sites for hydroxylation is 1. The van der Waals surface area contributed by atoms with Crippen molar-refractivity contribution in [1.29, 1.82) is 0 Å². The molecule has 1 saturated heterocycles. The molecule has 0 spiro atoms. The number of rotatable bonds is 8. The number of benzene rings is 1. The van der Waals surface area contributed by atoms with Crippen LogP contribution in [-0.2, 0) is 4.74 Å². The van der Waals surface area contributed by atoms with E-state index >= 15 is 0 Å². The molecule has 204 valence electrons. The summed E-state index contributed by atoms with van der Waals surface area (Å²) in [4.78, 5) is 22.4. The quantitative estimate of drug-likeness (QED) is 0.370. The van der Waals surface area contributed by atoms with Gasteiger partial charge in [0.05, 0.1) is 6.20 Å². The fourth-order valence-electron chi connectivity index (χ4n) is 5.45. The van der Waals surface area contributed by atoms with Crippen LogP contribution in [0.25, 0.3) is 16.8 Å². The Kier molecular flexibility index (Phi) is 8.33. The van der Waals surface area contributed by atoms with Gasteiger partial charge in [0.25, 0.3) is 5.91 Å². The molecule has 0 unspecified atom stereocenters. The summed E-state index contributed by atoms with van der Waals surface area (Å²) in [5.41, 5.74) is 4.36. The fraction of sp³-hybridized carbons (Fsp3) is 0.571. The lowest BCUT2D eigenvalue weighted by Gasteiger charge is -2.24. The molecule has 3 N–H and O–H groups in total. The largest absolute Gasteiger partial charge is 0.381 e. The Hall–Kier alpha value is -2.91. The summed E-state index contributed by atoms with van der Waals surface area (Å²) in [7, 11) is 0. The van der Waals surface area contributed by atoms with Crippen molar-refractivity contribution in [1.82, 2.24) is 24.9 Å². The predicted molar refractivity (Wildman–Crippen MR) is 151 cm³/mol. The van der Waals surface area contributed by atoms with Crippen LogP contribution in [-0.4, -0.2) is 57.3 Å². The van der Waals surface area contributed by atoms with Crippen molar-refractivity contribution < 1.29 is 9.53 Å². The van der Waals surface area contributed by atoms with E-state index in [1.807, 2.05) is 29.8 Å². The highest BCUT2D eigenvalue weighted by molar-refractivity contribution is 5.97. The van der Waals surface area contributed by atoms with Crippen LogP contribution in [0.15, 0.2) is 24.4 Å². The van der Waals surface area contributed by atoms with Gasteiger partial charge in [-0.05, 0) is 68.6 Å². The van der Waals surface area contributed by atoms with E-state index in [1.165, 1.54) is 19.3 Å². The first-order valence-corrected chi connectivity index (χ1v) is 13.9. The van der Waals surface area contributed by atoms with E-state index in [0.29, 0.717) is 29.9 Å². The molecule has 1 aliphatic heterocycles. The maximum atomic E-state index is 12.6. The highest BCUT2D eigenvalue weighted by Gasteiger charge is 2.25. The van der Waals surface area contributed by atoms with Gasteiger partial charge in [-0.15, -0.1) is 12.4 Å². The predicted octanol–water partition coefficient (Wildman–Crippen LogP) is 5.00. The Bertz CT molecular complexity index is 1260. The molecule has 0 atom stereocenters. The van der Waals surface area contributed by atoms with Crippen LogP contribution in [0.3, 0.4) is 0 Å². The Morgan fingerprint density at radius 3 is 2.55 bits per heavy atom. The summed E-state index contributed by atoms with van der Waals surface area (Å²) in [6.07, 6.45) is 12.2. The van der Waals surface area contributed by atoms with Gasteiger partial charge in [0, 0.05) is 43.0 Å². The zero-order valence-corrected chi connectivity index (χ0v) is 22.9. The van der Waals surface area contributed by atoms with Gasteiger partial charge < -0.3 is 20.7 Å². The van der Waals surface area contributed by atoms with E-state index in [0.717, 1.165) is 86.2 Å². The third-order valence-corrected chi connectivity index (χ3v) is 7.89. The van der Waals surface area contributed by atoms with Gasteiger partial charge in [-0.1, -0.05) is 31.4 Å². The van der Waals surface area contributed by atoms with Crippen LogP contribution in [0.4, 0.5) is 11.9 Å². The van der Waals surface area contributed by atoms with Crippen LogP contribution in [0.2, 0.25) is 0 Å². The van der Waals surface area contributed by atoms with E-state index in [1.54, 1.807) is 0 Å². The lowest BCUT2D eigenvalue weighted by atomic mass is 9.96. The Morgan fingerprint density at radius 1 is 1.03 bits per heavy atom. The molecule has 10 heteroatoms. The van der Waals surface area contributed by atoms with E-state index in [-0.39, 0.29) is 18.3 Å². The fourth-order valence-corrected chi connectivity index (χ4v) is 5.45. The van der Waals surface area contributed by atoms with Crippen molar-refractivity contribution in [2.45, 2.75) is 76.8 Å². The van der Waals surface area contributed by atoms with Crippen molar-refractivity contribution >= 4 is 35.9 Å². The summed E-state index contributed by atoms with van der Waals surface area (Å²) in [6.45, 7) is 4.46. The van der Waals surface area contributed by atoms with Crippen molar-refractivity contribution in [3.63, 3.8) is 0 Å². The second kappa shape index (κ2) is 11.9. The number of aromatic nitrogens is 4. The van der Waals surface area contributed by atoms with Crippen LogP contribution in [0.1, 0.15) is 73.7 Å². The van der Waals surface area contributed by atoms with Gasteiger partial charge in [-0.25, -0.2) is 0 Å². The summed E-state index contributed by atoms with van der Waals surface area (Å²) >= 11 is 0. The molecule has 3 heterocycles. The average Bonchev–Trinajstić information content (AvgIpc) is 3.63. The maximum absolute atomic E-state index is 12.6. The molecule has 1 aromatic carbocycles. The smallest absolute Gasteiger partial charge is 0.251 e. The topological polar surface area (TPSA) is 105 Å². The van der Waals surface area contributed by atoms with Crippen LogP contribution in [0.5, 0.6) is 0 Å². The second-order valence-corrected chi connectivity index (χ2v) is 10.9. The van der Waals surface area contributed by atoms with Gasteiger partial charge in [0.15, 0.2) is 5.65 Å². The summed E-state index contributed by atoms with van der Waals surface area (Å²) in [6, 6.07) is 6.71. The number of hydrogen-bond donors (Lipinski definition) is 3. The first kappa shape index (κ1) is 26.7. The van der Waals surface area contributed by atoms with Crippen molar-refractivity contribution in [2.24, 2.45) is 5.92 Å². The van der Waals surface area contributed by atoms with Crippen molar-refractivity contribution in [2.75, 3.05) is 30.4 Å². The molecule has 3 aromatic rings. The molecule has 0 bridgehead atoms. The Morgan fingerprint density at radius 2 is 1.82 bits per heavy atom. The number of hydrogen-bond acceptors (Lipinski definition) is 7. The zero-order valence-electron chi connectivity index (χ0n) is 22.0. The molecule has 3 aliphatic rings. The number of anilines is 2. The molecule has 38 heavy (non-hydrogen) atoms. The van der Waals surface area contributed by atoms with Crippen molar-refractivity contribution in [3.05, 3.63) is 35.5 Å². The molecule has 1 amide bonds. The molecule has 2 aliphatic carbocycles. The standard InChI is InChI=1S/C28H37N7O2.ClH/c1-18-15-20(7-10-23(18)26(36)31-22-8-9-22)24-17-30-35-25(24)33-27(32-21-5-3-2-4-6-21)34-28(35)29-16-19-11-13-37-14-12-19;/h7,10,15,17,19,21-22H,2-6,8-9,11-14,16H2,1H3,(H,31,36)(H2,29,32,33,34);1H. The molecule has 6 rings (SSSR count). The highest BCUT2D eigenvalue weighted by Crippen LogP contribution is 2.29. The van der Waals surface area contributed by atoms with E-state index in [2.05, 4.69) is 27.1 Å². The number of nitrogens with zero attached hydrogens (tertiary/aromatic N) is 4. The van der Waals surface area contributed by atoms with Gasteiger partial charge in [-0.3, -0.25) is 4.79 Å². The van der Waals surface area contributed by atoms with Gasteiger partial charge in [0.2, 0.25) is 11.9 Å². The van der Waals surface area contributed by atoms with Crippen molar-refractivity contribution in [3.8, 4) is 11.1 Å². The third kappa shape index (κ3) is 6.04. The minimum Gasteiger partial charge on any atom is -0.381 e. The SMILES string of the molecule is Cc1cc(-c2cnn3c(NCC4CCOCC4)nc(NC4CCCCC4)nc23)ccc1C(=O)NC1CC1.Cl. The first-order chi connectivity index (χ1) is 18.1. The summed E-state index contributed by atoms with van der Waals surface area (Å²) < 4.78 is 7.34. The lowest BCUT2D eigenvalue weighted by Crippen LogP contribution is -2.26. The van der Waals surface area contributed by atoms with Gasteiger partial charge in [0.1, 0.15) is 0 Å². The molecule has 2 aromatic heterocycles. The third-order valence-electron chi connectivity index (χ3n) is 7.89. The van der Waals surface area contributed by atoms with E-state index < -0.39 is 0 Å². The van der Waals surface area contributed by atoms with E-state index in [9.17, 15) is 4.79 Å². The van der Waals surface area contributed by atoms with E-state index in [4.69, 9.17) is 14.7 Å². The normalized spacial score (nSPS) is 18.7. The number of ether oxygens (including phenoxy) is 1. The molecule has 2 saturated carbocycles. The minimum atomic E-state index is 0. The number of fused-ring (bicyclic) bond motifs is 1.